The zero-order chi connectivity index (χ0) is 17.6. The molecule has 2 aliphatic heterocycles. The summed E-state index contributed by atoms with van der Waals surface area (Å²) < 4.78 is 3.63. The van der Waals surface area contributed by atoms with E-state index < -0.39 is 6.04 Å². The van der Waals surface area contributed by atoms with E-state index in [4.69, 9.17) is 0 Å². The van der Waals surface area contributed by atoms with E-state index in [0.717, 1.165) is 30.9 Å². The summed E-state index contributed by atoms with van der Waals surface area (Å²) in [5.74, 6) is 1.42. The highest BCUT2D eigenvalue weighted by atomic mass is 16.2. The van der Waals surface area contributed by atoms with Gasteiger partial charge >= 0.3 is 5.91 Å². The first-order chi connectivity index (χ1) is 12.0. The number of primary amides is 1. The van der Waals surface area contributed by atoms with Gasteiger partial charge in [-0.15, -0.1) is 5.10 Å². The molecule has 2 unspecified atom stereocenters. The molecule has 0 aliphatic carbocycles. The number of anilines is 1. The second-order valence-electron chi connectivity index (χ2n) is 6.77. The van der Waals surface area contributed by atoms with Crippen LogP contribution in [0.2, 0.25) is 0 Å². The number of nitrogens with zero attached hydrogens (tertiary/aromatic N) is 6. The Morgan fingerprint density at radius 1 is 1.36 bits per heavy atom. The van der Waals surface area contributed by atoms with Crippen molar-refractivity contribution in [3.05, 3.63) is 23.9 Å². The van der Waals surface area contributed by atoms with Gasteiger partial charge < -0.3 is 0 Å². The Balaban J connectivity index is 1.51. The molecular weight excluding hydrogens is 322 g/mol. The minimum absolute atomic E-state index is 0.107. The van der Waals surface area contributed by atoms with Crippen molar-refractivity contribution in [2.24, 2.45) is 0 Å². The van der Waals surface area contributed by atoms with Crippen molar-refractivity contribution in [2.45, 2.75) is 51.2 Å². The first kappa shape index (κ1) is 15.9. The Morgan fingerprint density at radius 3 is 3.00 bits per heavy atom. The zero-order valence-corrected chi connectivity index (χ0v) is 14.4. The highest BCUT2D eigenvalue weighted by molar-refractivity contribution is 5.96. The van der Waals surface area contributed by atoms with Crippen LogP contribution < -0.4 is 10.2 Å². The number of likely N-dealkylation sites (N-methyl/N-ethyl adjacent to an activating group) is 1. The molecule has 132 valence electrons. The van der Waals surface area contributed by atoms with Crippen LogP contribution in [-0.4, -0.2) is 49.4 Å². The number of aryl methyl sites for hydroxylation is 2. The number of hydrogen-bond acceptors (Lipinski definition) is 5. The summed E-state index contributed by atoms with van der Waals surface area (Å²) in [6.45, 7) is 2.68. The van der Waals surface area contributed by atoms with E-state index >= 15 is 0 Å². The predicted octanol–water partition coefficient (Wildman–Crippen LogP) is -0.489. The number of nitrogens with two attached hydrogens (primary N) is 1. The van der Waals surface area contributed by atoms with E-state index in [0.29, 0.717) is 13.0 Å². The van der Waals surface area contributed by atoms with Crippen molar-refractivity contribution in [2.75, 3.05) is 11.9 Å². The van der Waals surface area contributed by atoms with Gasteiger partial charge in [-0.2, -0.15) is 5.10 Å². The van der Waals surface area contributed by atoms with Gasteiger partial charge in [0.25, 0.3) is 11.7 Å². The molecule has 2 aromatic rings. The van der Waals surface area contributed by atoms with E-state index in [1.165, 1.54) is 5.32 Å². The lowest BCUT2D eigenvalue weighted by Crippen LogP contribution is -2.95. The van der Waals surface area contributed by atoms with Gasteiger partial charge in [0.15, 0.2) is 6.04 Å². The van der Waals surface area contributed by atoms with Gasteiger partial charge in [-0.05, 0) is 19.8 Å². The Bertz CT molecular complexity index is 824. The lowest BCUT2D eigenvalue weighted by Gasteiger charge is -2.18. The number of quaternary nitrogens is 1. The largest absolute Gasteiger partial charge is 0.382 e. The van der Waals surface area contributed by atoms with Crippen molar-refractivity contribution in [3.8, 4) is 0 Å². The molecule has 2 N–H and O–H groups in total. The van der Waals surface area contributed by atoms with Crippen molar-refractivity contribution < 1.29 is 14.9 Å². The summed E-state index contributed by atoms with van der Waals surface area (Å²) in [4.78, 5) is 31.3. The van der Waals surface area contributed by atoms with Crippen molar-refractivity contribution in [1.82, 2.24) is 24.5 Å². The molecule has 0 bridgehead atoms. The average molecular weight is 344 g/mol. The highest BCUT2D eigenvalue weighted by Crippen LogP contribution is 2.22. The number of rotatable bonds is 2. The summed E-state index contributed by atoms with van der Waals surface area (Å²) in [6.07, 6.45) is 5.17. The Hall–Kier alpha value is -2.55. The Kier molecular flexibility index (Phi) is 3.87. The maximum Gasteiger partial charge on any atom is 0.382 e. The van der Waals surface area contributed by atoms with Gasteiger partial charge in [-0.3, -0.25) is 15.0 Å². The molecule has 0 saturated carbocycles. The van der Waals surface area contributed by atoms with E-state index in [1.54, 1.807) is 28.9 Å². The van der Waals surface area contributed by atoms with E-state index in [2.05, 4.69) is 22.1 Å². The SMILES string of the molecule is CC1CCCc2nc(C(=O)[NH2+]C3CCn4nccc4N(C)C3=O)nn21. The van der Waals surface area contributed by atoms with Crippen molar-refractivity contribution in [1.29, 1.82) is 0 Å². The lowest BCUT2D eigenvalue weighted by molar-refractivity contribution is -0.581. The molecule has 4 rings (SSSR count). The second-order valence-corrected chi connectivity index (χ2v) is 6.77. The monoisotopic (exact) mass is 344 g/mol. The van der Waals surface area contributed by atoms with Gasteiger partial charge in [0, 0.05) is 32.5 Å². The summed E-state index contributed by atoms with van der Waals surface area (Å²) in [5, 5.41) is 10.1. The Morgan fingerprint density at radius 2 is 2.20 bits per heavy atom. The first-order valence-electron chi connectivity index (χ1n) is 8.68. The van der Waals surface area contributed by atoms with Gasteiger partial charge in [0.05, 0.1) is 12.2 Å². The third kappa shape index (κ3) is 2.74. The minimum Gasteiger partial charge on any atom is -0.295 e. The number of aromatic nitrogens is 5. The van der Waals surface area contributed by atoms with Gasteiger partial charge in [0.2, 0.25) is 0 Å². The molecule has 2 aromatic heterocycles. The van der Waals surface area contributed by atoms with Gasteiger partial charge in [-0.25, -0.2) is 19.1 Å². The number of fused-ring (bicyclic) bond motifs is 2. The molecule has 9 nitrogen and oxygen atoms in total. The summed E-state index contributed by atoms with van der Waals surface area (Å²) in [6, 6.07) is 1.58. The first-order valence-corrected chi connectivity index (χ1v) is 8.68. The molecular formula is C16H22N7O2+. The number of amides is 2. The molecule has 0 spiro atoms. The minimum atomic E-state index is -0.489. The molecule has 4 heterocycles. The second kappa shape index (κ2) is 6.07. The van der Waals surface area contributed by atoms with Crippen LogP contribution >= 0.6 is 0 Å². The van der Waals surface area contributed by atoms with Crippen LogP contribution in [0.5, 0.6) is 0 Å². The van der Waals surface area contributed by atoms with E-state index in [9.17, 15) is 9.59 Å². The molecule has 0 radical (unpaired) electrons. The van der Waals surface area contributed by atoms with Gasteiger partial charge in [-0.1, -0.05) is 0 Å². The normalized spacial score (nSPS) is 23.1. The van der Waals surface area contributed by atoms with Crippen LogP contribution in [0.25, 0.3) is 0 Å². The maximum absolute atomic E-state index is 12.7. The molecule has 25 heavy (non-hydrogen) atoms. The molecule has 0 aromatic carbocycles. The van der Waals surface area contributed by atoms with Crippen molar-refractivity contribution >= 4 is 17.6 Å². The van der Waals surface area contributed by atoms with Crippen LogP contribution in [-0.2, 0) is 17.8 Å². The van der Waals surface area contributed by atoms with Crippen LogP contribution in [0.15, 0.2) is 12.3 Å². The number of carbonyl (C=O) groups excluding carboxylic acids is 2. The number of hydrogen-bond donors (Lipinski definition) is 1. The summed E-state index contributed by atoms with van der Waals surface area (Å²) >= 11 is 0. The molecule has 9 heteroatoms. The third-order valence-corrected chi connectivity index (χ3v) is 5.05. The standard InChI is InChI=1S/C16H21N7O2/c1-10-4-3-5-12-19-14(20-23(10)12)15(24)18-11-7-9-22-13(6-8-17-22)21(2)16(11)25/h6,8,10-11H,3-5,7,9H2,1-2H3,(H,18,24)/p+1. The molecule has 0 fully saturated rings. The highest BCUT2D eigenvalue weighted by Gasteiger charge is 2.35. The smallest absolute Gasteiger partial charge is 0.295 e. The summed E-state index contributed by atoms with van der Waals surface area (Å²) in [7, 11) is 1.71. The van der Waals surface area contributed by atoms with Crippen LogP contribution in [0, 0.1) is 0 Å². The molecule has 0 saturated heterocycles. The molecule has 2 amide bonds. The molecule has 2 aliphatic rings. The third-order valence-electron chi connectivity index (χ3n) is 5.05. The quantitative estimate of drug-likeness (QED) is 0.792. The Labute approximate surface area is 145 Å². The fourth-order valence-corrected chi connectivity index (χ4v) is 3.60. The predicted molar refractivity (Wildman–Crippen MR) is 88.0 cm³/mol. The van der Waals surface area contributed by atoms with Crippen LogP contribution in [0.4, 0.5) is 5.82 Å². The average Bonchev–Trinajstić information content (AvgIpc) is 3.22. The van der Waals surface area contributed by atoms with Crippen molar-refractivity contribution in [3.63, 3.8) is 0 Å². The maximum atomic E-state index is 12.7. The van der Waals surface area contributed by atoms with E-state index in [-0.39, 0.29) is 23.7 Å². The van der Waals surface area contributed by atoms with Crippen LogP contribution in [0.3, 0.4) is 0 Å². The topological polar surface area (TPSA) is 103 Å². The van der Waals surface area contributed by atoms with Crippen LogP contribution in [0.1, 0.15) is 48.7 Å². The zero-order valence-electron chi connectivity index (χ0n) is 14.4. The number of carbonyl (C=O) groups is 2. The summed E-state index contributed by atoms with van der Waals surface area (Å²) in [5.41, 5.74) is 0. The lowest BCUT2D eigenvalue weighted by atomic mass is 10.1. The fraction of sp³-hybridized carbons (Fsp3) is 0.562. The molecule has 2 atom stereocenters. The fourth-order valence-electron chi connectivity index (χ4n) is 3.60. The van der Waals surface area contributed by atoms with E-state index in [1.807, 2.05) is 4.68 Å². The van der Waals surface area contributed by atoms with Gasteiger partial charge in [0.1, 0.15) is 11.6 Å².